The number of carboxylic acid groups (broad SMARTS) is 1. The van der Waals surface area contributed by atoms with Crippen LogP contribution >= 0.6 is 22.6 Å². The predicted octanol–water partition coefficient (Wildman–Crippen LogP) is 3.31. The van der Waals surface area contributed by atoms with E-state index >= 15 is 0 Å². The fourth-order valence-electron chi connectivity index (χ4n) is 2.13. The summed E-state index contributed by atoms with van der Waals surface area (Å²) in [5, 5.41) is 20.7. The van der Waals surface area contributed by atoms with Crippen molar-refractivity contribution in [1.29, 1.82) is 5.26 Å². The second-order valence-corrected chi connectivity index (χ2v) is 6.37. The Bertz CT molecular complexity index is 920. The van der Waals surface area contributed by atoms with Gasteiger partial charge in [-0.15, -0.1) is 0 Å². The summed E-state index contributed by atoms with van der Waals surface area (Å²) >= 11 is 1.97. The van der Waals surface area contributed by atoms with Crippen molar-refractivity contribution in [3.8, 4) is 17.6 Å². The van der Waals surface area contributed by atoms with Gasteiger partial charge in [0.25, 0.3) is 5.91 Å². The maximum absolute atomic E-state index is 12.3. The molecule has 0 aliphatic carbocycles. The van der Waals surface area contributed by atoms with Crippen LogP contribution in [-0.2, 0) is 9.59 Å². The molecule has 2 N–H and O–H groups in total. The second kappa shape index (κ2) is 9.59. The first-order chi connectivity index (χ1) is 12.9. The van der Waals surface area contributed by atoms with Crippen LogP contribution in [0.5, 0.6) is 11.5 Å². The van der Waals surface area contributed by atoms with E-state index in [1.165, 1.54) is 13.2 Å². The zero-order chi connectivity index (χ0) is 19.8. The van der Waals surface area contributed by atoms with Gasteiger partial charge < -0.3 is 19.9 Å². The molecule has 0 aliphatic rings. The molecular formula is C19H15IN2O5. The van der Waals surface area contributed by atoms with Crippen molar-refractivity contribution >= 4 is 46.2 Å². The van der Waals surface area contributed by atoms with E-state index in [-0.39, 0.29) is 11.3 Å². The maximum atomic E-state index is 12.3. The number of aliphatic carboxylic acids is 1. The number of carbonyl (C=O) groups is 2. The van der Waals surface area contributed by atoms with Crippen LogP contribution in [0, 0.1) is 14.9 Å². The average molecular weight is 478 g/mol. The number of carbonyl (C=O) groups excluding carboxylic acids is 1. The number of benzene rings is 2. The van der Waals surface area contributed by atoms with Crippen LogP contribution in [-0.4, -0.2) is 30.7 Å². The molecule has 0 atom stereocenters. The summed E-state index contributed by atoms with van der Waals surface area (Å²) in [5.74, 6) is -1.06. The standard InChI is InChI=1S/C19H15IN2O5/c1-26-16-9-12(8-15(20)18(16)27-11-17(23)24)7-13(10-21)19(25)22-14-5-3-2-4-6-14/h2-9H,11H2,1H3,(H,22,25)(H,23,24)/b13-7-. The molecule has 0 heterocycles. The Balaban J connectivity index is 2.29. The van der Waals surface area contributed by atoms with E-state index < -0.39 is 18.5 Å². The largest absolute Gasteiger partial charge is 0.493 e. The smallest absolute Gasteiger partial charge is 0.341 e. The Morgan fingerprint density at radius 3 is 2.59 bits per heavy atom. The van der Waals surface area contributed by atoms with Crippen molar-refractivity contribution in [3.63, 3.8) is 0 Å². The molecule has 0 saturated carbocycles. The number of halogens is 1. The summed E-state index contributed by atoms with van der Waals surface area (Å²) < 4.78 is 11.1. The molecule has 0 radical (unpaired) electrons. The first-order valence-corrected chi connectivity index (χ1v) is 8.72. The molecule has 2 aromatic carbocycles. The number of carboxylic acids is 1. The molecule has 7 nitrogen and oxygen atoms in total. The van der Waals surface area contributed by atoms with Crippen LogP contribution in [0.3, 0.4) is 0 Å². The lowest BCUT2D eigenvalue weighted by Crippen LogP contribution is -2.13. The summed E-state index contributed by atoms with van der Waals surface area (Å²) in [7, 11) is 1.42. The molecule has 0 unspecified atom stereocenters. The van der Waals surface area contributed by atoms with E-state index in [1.807, 2.05) is 34.7 Å². The van der Waals surface area contributed by atoms with Crippen molar-refractivity contribution in [3.05, 3.63) is 57.2 Å². The van der Waals surface area contributed by atoms with E-state index in [2.05, 4.69) is 5.32 Å². The van der Waals surface area contributed by atoms with Gasteiger partial charge >= 0.3 is 5.97 Å². The van der Waals surface area contributed by atoms with Gasteiger partial charge in [0.15, 0.2) is 18.1 Å². The number of methoxy groups -OCH3 is 1. The highest BCUT2D eigenvalue weighted by atomic mass is 127. The minimum atomic E-state index is -1.11. The molecule has 2 aromatic rings. The summed E-state index contributed by atoms with van der Waals surface area (Å²) in [5.41, 5.74) is 1.03. The highest BCUT2D eigenvalue weighted by Crippen LogP contribution is 2.34. The van der Waals surface area contributed by atoms with E-state index in [4.69, 9.17) is 14.6 Å². The monoisotopic (exact) mass is 478 g/mol. The van der Waals surface area contributed by atoms with Crippen molar-refractivity contribution in [1.82, 2.24) is 0 Å². The van der Waals surface area contributed by atoms with Gasteiger partial charge in [-0.05, 0) is 58.5 Å². The Kier molecular flexibility index (Phi) is 7.19. The third kappa shape index (κ3) is 5.72. The van der Waals surface area contributed by atoms with Gasteiger partial charge in [0, 0.05) is 5.69 Å². The second-order valence-electron chi connectivity index (χ2n) is 5.21. The van der Waals surface area contributed by atoms with Gasteiger partial charge in [0.2, 0.25) is 0 Å². The first kappa shape index (κ1) is 20.3. The third-order valence-electron chi connectivity index (χ3n) is 3.30. The van der Waals surface area contributed by atoms with Gasteiger partial charge in [-0.3, -0.25) is 4.79 Å². The fourth-order valence-corrected chi connectivity index (χ4v) is 2.91. The van der Waals surface area contributed by atoms with Crippen LogP contribution < -0.4 is 14.8 Å². The van der Waals surface area contributed by atoms with Crippen LogP contribution in [0.2, 0.25) is 0 Å². The number of para-hydroxylation sites is 1. The number of nitriles is 1. The fraction of sp³-hybridized carbons (Fsp3) is 0.105. The lowest BCUT2D eigenvalue weighted by molar-refractivity contribution is -0.139. The number of hydrogen-bond donors (Lipinski definition) is 2. The van der Waals surface area contributed by atoms with E-state index in [1.54, 1.807) is 36.4 Å². The Morgan fingerprint density at radius 2 is 2.00 bits per heavy atom. The molecule has 0 spiro atoms. The summed E-state index contributed by atoms with van der Waals surface area (Å²) in [4.78, 5) is 23.0. The number of nitrogens with one attached hydrogen (secondary N) is 1. The van der Waals surface area contributed by atoms with Crippen molar-refractivity contribution in [2.75, 3.05) is 19.0 Å². The maximum Gasteiger partial charge on any atom is 0.341 e. The van der Waals surface area contributed by atoms with Gasteiger partial charge in [-0.1, -0.05) is 18.2 Å². The molecule has 0 saturated heterocycles. The van der Waals surface area contributed by atoms with Crippen LogP contribution in [0.25, 0.3) is 6.08 Å². The summed E-state index contributed by atoms with van der Waals surface area (Å²) in [6.45, 7) is -0.509. The number of amides is 1. The average Bonchev–Trinajstić information content (AvgIpc) is 2.65. The highest BCUT2D eigenvalue weighted by molar-refractivity contribution is 14.1. The number of rotatable bonds is 7. The minimum Gasteiger partial charge on any atom is -0.493 e. The zero-order valence-corrected chi connectivity index (χ0v) is 16.4. The van der Waals surface area contributed by atoms with Crippen LogP contribution in [0.4, 0.5) is 5.69 Å². The molecular weight excluding hydrogens is 463 g/mol. The SMILES string of the molecule is COc1cc(/C=C(/C#N)C(=O)Nc2ccccc2)cc(I)c1OCC(=O)O. The Hall–Kier alpha value is -3.06. The highest BCUT2D eigenvalue weighted by Gasteiger charge is 2.15. The normalized spacial score (nSPS) is 10.6. The molecule has 0 aromatic heterocycles. The topological polar surface area (TPSA) is 109 Å². The molecule has 0 aliphatic heterocycles. The summed E-state index contributed by atoms with van der Waals surface area (Å²) in [6.07, 6.45) is 1.42. The molecule has 8 heteroatoms. The lowest BCUT2D eigenvalue weighted by atomic mass is 10.1. The molecule has 27 heavy (non-hydrogen) atoms. The molecule has 2 rings (SSSR count). The van der Waals surface area contributed by atoms with Gasteiger partial charge in [-0.25, -0.2) is 4.79 Å². The van der Waals surface area contributed by atoms with Crippen molar-refractivity contribution < 1.29 is 24.2 Å². The van der Waals surface area contributed by atoms with Gasteiger partial charge in [0.1, 0.15) is 11.6 Å². The van der Waals surface area contributed by atoms with Crippen molar-refractivity contribution in [2.45, 2.75) is 0 Å². The third-order valence-corrected chi connectivity index (χ3v) is 4.10. The molecule has 0 bridgehead atoms. The van der Waals surface area contributed by atoms with Gasteiger partial charge in [-0.2, -0.15) is 5.26 Å². The summed E-state index contributed by atoms with van der Waals surface area (Å²) in [6, 6.07) is 13.9. The number of anilines is 1. The quantitative estimate of drug-likeness (QED) is 0.359. The molecule has 1 amide bonds. The predicted molar refractivity (Wildman–Crippen MR) is 108 cm³/mol. The van der Waals surface area contributed by atoms with Crippen LogP contribution in [0.15, 0.2) is 48.0 Å². The van der Waals surface area contributed by atoms with E-state index in [9.17, 15) is 14.9 Å². The Labute approximate surface area is 169 Å². The first-order valence-electron chi connectivity index (χ1n) is 7.65. The van der Waals surface area contributed by atoms with Crippen molar-refractivity contribution in [2.24, 2.45) is 0 Å². The zero-order valence-electron chi connectivity index (χ0n) is 14.2. The van der Waals surface area contributed by atoms with E-state index in [0.29, 0.717) is 20.6 Å². The lowest BCUT2D eigenvalue weighted by Gasteiger charge is -2.12. The van der Waals surface area contributed by atoms with Crippen LogP contribution in [0.1, 0.15) is 5.56 Å². The number of ether oxygens (including phenoxy) is 2. The Morgan fingerprint density at radius 1 is 1.30 bits per heavy atom. The molecule has 0 fully saturated rings. The number of nitrogens with zero attached hydrogens (tertiary/aromatic N) is 1. The van der Waals surface area contributed by atoms with E-state index in [0.717, 1.165) is 0 Å². The number of hydrogen-bond acceptors (Lipinski definition) is 5. The van der Waals surface area contributed by atoms with Gasteiger partial charge in [0.05, 0.1) is 10.7 Å². The minimum absolute atomic E-state index is 0.0871. The molecule has 138 valence electrons.